The van der Waals surface area contributed by atoms with Gasteiger partial charge >= 0.3 is 0 Å². The number of hydrogen-bond acceptors (Lipinski definition) is 5. The molecule has 0 aliphatic heterocycles. The molecule has 0 bridgehead atoms. The molecule has 0 aliphatic carbocycles. The zero-order chi connectivity index (χ0) is 16.0. The van der Waals surface area contributed by atoms with Crippen molar-refractivity contribution in [1.29, 1.82) is 0 Å². The minimum Gasteiger partial charge on any atom is -0.456 e. The number of hydrogen-bond donors (Lipinski definition) is 0. The number of anilines is 1. The molecule has 0 unspecified atom stereocenters. The maximum Gasteiger partial charge on any atom is 0.283 e. The number of fused-ring (bicyclic) bond motifs is 3. The van der Waals surface area contributed by atoms with Gasteiger partial charge in [-0.25, -0.2) is 0 Å². The smallest absolute Gasteiger partial charge is 0.283 e. The first-order valence-electron chi connectivity index (χ1n) is 6.71. The van der Waals surface area contributed by atoms with Gasteiger partial charge in [0.15, 0.2) is 5.78 Å². The van der Waals surface area contributed by atoms with Gasteiger partial charge in [-0.1, -0.05) is 0 Å². The Labute approximate surface area is 126 Å². The summed E-state index contributed by atoms with van der Waals surface area (Å²) in [4.78, 5) is 24.2. The van der Waals surface area contributed by atoms with Gasteiger partial charge in [0, 0.05) is 36.6 Å². The molecule has 0 saturated heterocycles. The highest BCUT2D eigenvalue weighted by atomic mass is 16.6. The number of rotatable bonds is 3. The molecule has 0 radical (unpaired) electrons. The summed E-state index contributed by atoms with van der Waals surface area (Å²) in [6, 6.07) is 8.56. The summed E-state index contributed by atoms with van der Waals surface area (Å²) in [5.41, 5.74) is 1.87. The fraction of sp³-hybridized carbons (Fsp3) is 0.188. The number of ketones is 1. The van der Waals surface area contributed by atoms with Crippen LogP contribution >= 0.6 is 0 Å². The fourth-order valence-corrected chi connectivity index (χ4v) is 2.51. The zero-order valence-electron chi connectivity index (χ0n) is 12.4. The number of furan rings is 1. The third-order valence-electron chi connectivity index (χ3n) is 3.67. The first-order valence-corrected chi connectivity index (χ1v) is 6.71. The van der Waals surface area contributed by atoms with Crippen molar-refractivity contribution in [3.8, 4) is 0 Å². The summed E-state index contributed by atoms with van der Waals surface area (Å²) < 4.78 is 5.73. The van der Waals surface area contributed by atoms with Gasteiger partial charge in [0.25, 0.3) is 5.69 Å². The van der Waals surface area contributed by atoms with E-state index in [-0.39, 0.29) is 17.0 Å². The summed E-state index contributed by atoms with van der Waals surface area (Å²) in [5.74, 6) is -0.340. The Morgan fingerprint density at radius 2 is 1.82 bits per heavy atom. The lowest BCUT2D eigenvalue weighted by Crippen LogP contribution is -2.07. The highest BCUT2D eigenvalue weighted by Crippen LogP contribution is 2.35. The Kier molecular flexibility index (Phi) is 3.09. The molecule has 6 nitrogen and oxygen atoms in total. The first kappa shape index (κ1) is 14.1. The second kappa shape index (κ2) is 4.84. The van der Waals surface area contributed by atoms with E-state index < -0.39 is 4.92 Å². The molecule has 0 spiro atoms. The Hall–Kier alpha value is -2.89. The number of Topliss-reactive ketones (excluding diaryl/α,β-unsaturated/α-hetero) is 1. The van der Waals surface area contributed by atoms with Crippen molar-refractivity contribution in [2.45, 2.75) is 6.92 Å². The van der Waals surface area contributed by atoms with Crippen molar-refractivity contribution < 1.29 is 14.1 Å². The lowest BCUT2D eigenvalue weighted by molar-refractivity contribution is -0.385. The average molecular weight is 298 g/mol. The normalized spacial score (nSPS) is 11.0. The molecular weight excluding hydrogens is 284 g/mol. The standard InChI is InChI=1S/C16H14N2O4/c1-9(19)12-7-13-11-5-4-10(17(2)3)6-15(11)22-16(13)8-14(12)18(20)21/h4-8H,1-3H3. The van der Waals surface area contributed by atoms with E-state index in [9.17, 15) is 14.9 Å². The van der Waals surface area contributed by atoms with Gasteiger partial charge in [0.2, 0.25) is 0 Å². The van der Waals surface area contributed by atoms with E-state index in [0.717, 1.165) is 11.1 Å². The Bertz CT molecular complexity index is 925. The number of carbonyl (C=O) groups excluding carboxylic acids is 1. The second-order valence-corrected chi connectivity index (χ2v) is 5.36. The lowest BCUT2D eigenvalue weighted by Gasteiger charge is -2.11. The molecule has 0 atom stereocenters. The third-order valence-corrected chi connectivity index (χ3v) is 3.67. The summed E-state index contributed by atoms with van der Waals surface area (Å²) in [7, 11) is 3.84. The van der Waals surface area contributed by atoms with Crippen LogP contribution in [-0.2, 0) is 0 Å². The lowest BCUT2D eigenvalue weighted by atomic mass is 10.0. The number of carbonyl (C=O) groups is 1. The number of benzene rings is 2. The number of nitro groups is 1. The molecule has 1 aromatic heterocycles. The molecule has 0 fully saturated rings. The van der Waals surface area contributed by atoms with Crippen molar-refractivity contribution in [1.82, 2.24) is 0 Å². The third kappa shape index (κ3) is 2.09. The molecule has 1 heterocycles. The van der Waals surface area contributed by atoms with E-state index in [1.165, 1.54) is 19.1 Å². The van der Waals surface area contributed by atoms with E-state index >= 15 is 0 Å². The fourth-order valence-electron chi connectivity index (χ4n) is 2.51. The predicted octanol–water partition coefficient (Wildman–Crippen LogP) is 3.76. The molecule has 0 N–H and O–H groups in total. The van der Waals surface area contributed by atoms with Gasteiger partial charge in [-0.3, -0.25) is 14.9 Å². The number of nitro benzene ring substituents is 1. The molecule has 3 aromatic rings. The van der Waals surface area contributed by atoms with Gasteiger partial charge in [-0.15, -0.1) is 0 Å². The van der Waals surface area contributed by atoms with E-state index in [0.29, 0.717) is 16.6 Å². The molecule has 6 heteroatoms. The summed E-state index contributed by atoms with van der Waals surface area (Å²) in [6.45, 7) is 1.32. The van der Waals surface area contributed by atoms with Crippen molar-refractivity contribution in [3.05, 3.63) is 46.0 Å². The van der Waals surface area contributed by atoms with E-state index in [2.05, 4.69) is 0 Å². The quantitative estimate of drug-likeness (QED) is 0.418. The van der Waals surface area contributed by atoms with Crippen molar-refractivity contribution in [2.75, 3.05) is 19.0 Å². The van der Waals surface area contributed by atoms with Gasteiger partial charge in [-0.2, -0.15) is 0 Å². The molecule has 112 valence electrons. The second-order valence-electron chi connectivity index (χ2n) is 5.36. The topological polar surface area (TPSA) is 76.6 Å². The maximum absolute atomic E-state index is 11.7. The predicted molar refractivity (Wildman–Crippen MR) is 84.7 cm³/mol. The summed E-state index contributed by atoms with van der Waals surface area (Å²) >= 11 is 0. The van der Waals surface area contributed by atoms with Crippen LogP contribution in [0.15, 0.2) is 34.7 Å². The van der Waals surface area contributed by atoms with Crippen LogP contribution < -0.4 is 4.90 Å². The zero-order valence-corrected chi connectivity index (χ0v) is 12.4. The number of nitrogens with zero attached hydrogens (tertiary/aromatic N) is 2. The molecule has 0 amide bonds. The highest BCUT2D eigenvalue weighted by molar-refractivity contribution is 6.10. The van der Waals surface area contributed by atoms with Crippen LogP contribution in [0.2, 0.25) is 0 Å². The van der Waals surface area contributed by atoms with Gasteiger partial charge in [0.1, 0.15) is 11.2 Å². The van der Waals surface area contributed by atoms with Crippen molar-refractivity contribution in [2.24, 2.45) is 0 Å². The minimum absolute atomic E-state index is 0.0943. The van der Waals surface area contributed by atoms with Crippen LogP contribution in [0, 0.1) is 10.1 Å². The largest absolute Gasteiger partial charge is 0.456 e. The van der Waals surface area contributed by atoms with Crippen LogP contribution in [0.3, 0.4) is 0 Å². The van der Waals surface area contributed by atoms with Crippen LogP contribution in [0.1, 0.15) is 17.3 Å². The summed E-state index contributed by atoms with van der Waals surface area (Å²) in [6.07, 6.45) is 0. The van der Waals surface area contributed by atoms with Crippen molar-refractivity contribution >= 4 is 39.1 Å². The molecule has 22 heavy (non-hydrogen) atoms. The Morgan fingerprint density at radius 3 is 2.41 bits per heavy atom. The Balaban J connectivity index is 2.36. The Morgan fingerprint density at radius 1 is 1.14 bits per heavy atom. The van der Waals surface area contributed by atoms with Gasteiger partial charge in [-0.05, 0) is 25.1 Å². The first-order chi connectivity index (χ1) is 10.4. The highest BCUT2D eigenvalue weighted by Gasteiger charge is 2.21. The molecule has 0 aliphatic rings. The molecular formula is C16H14N2O4. The van der Waals surface area contributed by atoms with E-state index in [4.69, 9.17) is 4.42 Å². The SMILES string of the molecule is CC(=O)c1cc2c(cc1[N+](=O)[O-])oc1cc(N(C)C)ccc12. The summed E-state index contributed by atoms with van der Waals surface area (Å²) in [5, 5.41) is 12.7. The molecule has 3 rings (SSSR count). The molecule has 2 aromatic carbocycles. The maximum atomic E-state index is 11.7. The average Bonchev–Trinajstić information content (AvgIpc) is 2.82. The van der Waals surface area contributed by atoms with E-state index in [1.807, 2.05) is 37.2 Å². The van der Waals surface area contributed by atoms with Crippen LogP contribution in [0.4, 0.5) is 11.4 Å². The van der Waals surface area contributed by atoms with E-state index in [1.54, 1.807) is 0 Å². The monoisotopic (exact) mass is 298 g/mol. The van der Waals surface area contributed by atoms with Crippen LogP contribution in [-0.4, -0.2) is 24.8 Å². The van der Waals surface area contributed by atoms with Crippen LogP contribution in [0.5, 0.6) is 0 Å². The van der Waals surface area contributed by atoms with Crippen LogP contribution in [0.25, 0.3) is 21.9 Å². The van der Waals surface area contributed by atoms with Gasteiger partial charge < -0.3 is 9.32 Å². The minimum atomic E-state index is -0.561. The molecule has 0 saturated carbocycles. The van der Waals surface area contributed by atoms with Crippen molar-refractivity contribution in [3.63, 3.8) is 0 Å². The van der Waals surface area contributed by atoms with Gasteiger partial charge in [0.05, 0.1) is 16.6 Å².